The van der Waals surface area contributed by atoms with Gasteiger partial charge in [-0.25, -0.2) is 28.8 Å². The molecule has 0 saturated heterocycles. The van der Waals surface area contributed by atoms with Crippen molar-refractivity contribution in [1.29, 1.82) is 0 Å². The zero-order chi connectivity index (χ0) is 82.1. The SMILES string of the molecule is COc1cc(OC)c(C(=O)Nc2cc(C(F)(F)F)cc(NC(=O)CCCCN=C(NC(=O)OC(C)(C)C)NC(=O)OC(C)(C)C)c2SCCNC(=O)OC(C)(C)C)cc1C(=O)Nc1cc(C(F)(F)F)cc(NC(=O)CCCCCC(=NC(=O)OC(C)(C)C)NC(=O)OC(C)(C)C)c1SCCNC(=O)OC(C)(C)C. The number of amidine groups is 1. The maximum absolute atomic E-state index is 15.0. The monoisotopic (exact) mass is 1570 g/mol. The Balaban J connectivity index is 2.16. The predicted octanol–water partition coefficient (Wildman–Crippen LogP) is 15.7. The van der Waals surface area contributed by atoms with Crippen molar-refractivity contribution in [2.75, 3.05) is 66.6 Å². The number of rotatable bonds is 27. The molecule has 0 atom stereocenters. The van der Waals surface area contributed by atoms with Gasteiger partial charge in [0.1, 0.15) is 50.9 Å². The van der Waals surface area contributed by atoms with Gasteiger partial charge in [0.25, 0.3) is 11.8 Å². The van der Waals surface area contributed by atoms with Crippen molar-refractivity contribution in [1.82, 2.24) is 26.6 Å². The molecule has 10 amide bonds. The van der Waals surface area contributed by atoms with E-state index in [1.165, 1.54) is 0 Å². The number of nitrogens with zero attached hydrogens (tertiary/aromatic N) is 2. The molecule has 29 nitrogen and oxygen atoms in total. The van der Waals surface area contributed by atoms with E-state index < -0.39 is 151 Å². The van der Waals surface area contributed by atoms with Gasteiger partial charge in [-0.15, -0.1) is 23.5 Å². The van der Waals surface area contributed by atoms with Crippen molar-refractivity contribution in [3.63, 3.8) is 0 Å². The van der Waals surface area contributed by atoms with Gasteiger partial charge >= 0.3 is 48.9 Å². The van der Waals surface area contributed by atoms with Crippen molar-refractivity contribution < 1.29 is 112 Å². The molecule has 602 valence electrons. The number of amides is 10. The third-order valence-corrected chi connectivity index (χ3v) is 15.1. The second-order valence-corrected chi connectivity index (χ2v) is 32.0. The van der Waals surface area contributed by atoms with Gasteiger partial charge in [-0.2, -0.15) is 31.3 Å². The first-order valence-corrected chi connectivity index (χ1v) is 36.0. The number of thioether (sulfide) groups is 2. The molecule has 3 rings (SSSR count). The highest BCUT2D eigenvalue weighted by molar-refractivity contribution is 7.99. The molecule has 3 aromatic carbocycles. The first kappa shape index (κ1) is 92.8. The van der Waals surface area contributed by atoms with Crippen LogP contribution in [-0.4, -0.2) is 151 Å². The van der Waals surface area contributed by atoms with Gasteiger partial charge in [-0.1, -0.05) is 6.42 Å². The van der Waals surface area contributed by atoms with Crippen LogP contribution in [0.15, 0.2) is 56.2 Å². The van der Waals surface area contributed by atoms with Crippen LogP contribution in [0.2, 0.25) is 0 Å². The van der Waals surface area contributed by atoms with E-state index in [0.717, 1.165) is 49.9 Å². The topological polar surface area (TPSA) is 378 Å². The van der Waals surface area contributed by atoms with Crippen molar-refractivity contribution in [2.45, 2.75) is 232 Å². The van der Waals surface area contributed by atoms with Gasteiger partial charge in [-0.05, 0) is 181 Å². The molecule has 0 saturated carbocycles. The number of anilines is 4. The maximum Gasteiger partial charge on any atom is 0.435 e. The molecule has 0 fully saturated rings. The summed E-state index contributed by atoms with van der Waals surface area (Å²) in [6.07, 6.45) is -15.8. The summed E-state index contributed by atoms with van der Waals surface area (Å²) in [6.45, 7) is 28.5. The van der Waals surface area contributed by atoms with Crippen molar-refractivity contribution in [3.8, 4) is 11.5 Å². The van der Waals surface area contributed by atoms with Crippen LogP contribution >= 0.6 is 23.5 Å². The molecule has 0 bridgehead atoms. The molecule has 0 aliphatic carbocycles. The molecule has 3 aromatic rings. The Morgan fingerprint density at radius 2 is 0.731 bits per heavy atom. The van der Waals surface area contributed by atoms with Crippen LogP contribution < -0.4 is 57.3 Å². The highest BCUT2D eigenvalue weighted by atomic mass is 32.2. The van der Waals surface area contributed by atoms with Gasteiger partial charge in [0.15, 0.2) is 0 Å². The number of unbranched alkanes of at least 4 members (excludes halogenated alkanes) is 3. The number of alkyl carbamates (subject to hydrolysis) is 5. The largest absolute Gasteiger partial charge is 0.496 e. The number of alkyl halides is 6. The summed E-state index contributed by atoms with van der Waals surface area (Å²) >= 11 is 1.57. The molecule has 0 radical (unpaired) electrons. The minimum atomic E-state index is -5.14. The summed E-state index contributed by atoms with van der Waals surface area (Å²) in [5, 5.41) is 22.0. The van der Waals surface area contributed by atoms with Crippen LogP contribution in [0.25, 0.3) is 0 Å². The quantitative estimate of drug-likeness (QED) is 0.00855. The lowest BCUT2D eigenvalue weighted by atomic mass is 10.1. The third kappa shape index (κ3) is 36.9. The number of nitrogens with one attached hydrogen (secondary N) is 9. The molecular formula is C71H101F6N11O18S2. The second-order valence-electron chi connectivity index (χ2n) is 29.8. The predicted molar refractivity (Wildman–Crippen MR) is 397 cm³/mol. The average molecular weight is 1570 g/mol. The first-order chi connectivity index (χ1) is 49.5. The number of carbonyl (C=O) groups excluding carboxylic acids is 10. The van der Waals surface area contributed by atoms with Crippen LogP contribution in [0.4, 0.5) is 77.9 Å². The van der Waals surface area contributed by atoms with Crippen molar-refractivity contribution in [3.05, 3.63) is 58.7 Å². The maximum atomic E-state index is 15.0. The Morgan fingerprint density at radius 3 is 1.08 bits per heavy atom. The van der Waals surface area contributed by atoms with Gasteiger partial charge in [0, 0.05) is 56.5 Å². The van der Waals surface area contributed by atoms with E-state index in [1.54, 1.807) is 125 Å². The fourth-order valence-corrected chi connectivity index (χ4v) is 10.7. The van der Waals surface area contributed by atoms with E-state index in [9.17, 15) is 47.9 Å². The van der Waals surface area contributed by atoms with Crippen LogP contribution in [0.3, 0.4) is 0 Å². The van der Waals surface area contributed by atoms with Crippen LogP contribution in [0.5, 0.6) is 11.5 Å². The van der Waals surface area contributed by atoms with Crippen LogP contribution in [-0.2, 0) is 50.4 Å². The molecule has 0 aliphatic heterocycles. The van der Waals surface area contributed by atoms with E-state index in [0.29, 0.717) is 24.3 Å². The number of benzene rings is 3. The minimum Gasteiger partial charge on any atom is -0.496 e. The van der Waals surface area contributed by atoms with E-state index in [-0.39, 0.29) is 116 Å². The van der Waals surface area contributed by atoms with Crippen LogP contribution in [0, 0.1) is 0 Å². The Labute approximate surface area is 632 Å². The lowest BCUT2D eigenvalue weighted by molar-refractivity contribution is -0.138. The highest BCUT2D eigenvalue weighted by Gasteiger charge is 2.36. The van der Waals surface area contributed by atoms with Gasteiger partial charge < -0.3 is 69.8 Å². The van der Waals surface area contributed by atoms with Gasteiger partial charge in [0.2, 0.25) is 17.8 Å². The minimum absolute atomic E-state index is 0.0133. The fraction of sp³-hybridized carbons (Fsp3) is 0.577. The number of halogens is 6. The number of hydrogen-bond acceptors (Lipinski definition) is 21. The Hall–Kier alpha value is -9.42. The molecule has 0 unspecified atom stereocenters. The smallest absolute Gasteiger partial charge is 0.435 e. The first-order valence-electron chi connectivity index (χ1n) is 34.1. The summed E-state index contributed by atoms with van der Waals surface area (Å²) in [5.74, 6) is -5.52. The molecule has 9 N–H and O–H groups in total. The Bertz CT molecular complexity index is 3720. The van der Waals surface area contributed by atoms with Gasteiger partial charge in [-0.3, -0.25) is 40.1 Å². The fourth-order valence-electron chi connectivity index (χ4n) is 8.78. The van der Waals surface area contributed by atoms with E-state index in [2.05, 4.69) is 57.8 Å². The summed E-state index contributed by atoms with van der Waals surface area (Å²) in [7, 11) is 2.20. The number of hydrogen-bond donors (Lipinski definition) is 9. The van der Waals surface area contributed by atoms with Crippen molar-refractivity contribution >= 4 is 118 Å². The molecular weight excluding hydrogens is 1470 g/mol. The number of carbonyl (C=O) groups is 10. The zero-order valence-electron chi connectivity index (χ0n) is 64.5. The zero-order valence-corrected chi connectivity index (χ0v) is 66.1. The molecule has 0 aromatic heterocycles. The summed E-state index contributed by atoms with van der Waals surface area (Å²) < 4.78 is 133. The normalized spacial score (nSPS) is 12.2. The molecule has 0 aliphatic rings. The number of guanidine groups is 1. The summed E-state index contributed by atoms with van der Waals surface area (Å²) in [6, 6.07) is 4.31. The highest BCUT2D eigenvalue weighted by Crippen LogP contribution is 2.44. The number of ether oxygens (including phenoxy) is 8. The van der Waals surface area contributed by atoms with E-state index >= 15 is 26.3 Å². The lowest BCUT2D eigenvalue weighted by Gasteiger charge is -2.22. The summed E-state index contributed by atoms with van der Waals surface area (Å²) in [4.78, 5) is 141. The number of methoxy groups -OCH3 is 2. The molecule has 108 heavy (non-hydrogen) atoms. The summed E-state index contributed by atoms with van der Waals surface area (Å²) in [5.41, 5.74) is -11.5. The standard InChI is InChI=1S/C71H101F6N11O18S2/c1-64(2,3)101-58(93)79-30-32-107-53-44(81-51(89)27-23-21-22-26-50(85-60(95)103-66(7,8)9)86-61(96)104-67(10,11)12)34-40(70(72,73)74)36-46(53)83-55(91)42-38-43(49(100-20)39-48(42)99-19)56(92)84-47-37-41(71(75,76)77)35-45(54(47)108-33-31-80-59(94)102-65(4,5)6)82-52(90)28-24-25-29-78-57(87-62(97)105-68(13,14)15)88-63(98)106-69(16,17)18/h34-39H,21-33H2,1-20H3,(H,79,93)(H,80,94)(H,81,89)(H,82,90)(H,83,91)(H,84,92)(H,85,86,95,96)(H2,78,87,88,97,98). The lowest BCUT2D eigenvalue weighted by Crippen LogP contribution is -2.47. The average Bonchev–Trinajstić information content (AvgIpc) is 0.787. The van der Waals surface area contributed by atoms with Crippen molar-refractivity contribution in [2.24, 2.45) is 9.98 Å². The van der Waals surface area contributed by atoms with E-state index in [4.69, 9.17) is 37.9 Å². The molecule has 0 heterocycles. The second kappa shape index (κ2) is 40.1. The Kier molecular flexibility index (Phi) is 34.5. The third-order valence-electron chi connectivity index (χ3n) is 12.8. The Morgan fingerprint density at radius 1 is 0.398 bits per heavy atom. The van der Waals surface area contributed by atoms with E-state index in [1.807, 2.05) is 0 Å². The molecule has 0 spiro atoms. The molecule has 37 heteroatoms. The van der Waals surface area contributed by atoms with Crippen LogP contribution in [0.1, 0.15) is 208 Å². The van der Waals surface area contributed by atoms with Gasteiger partial charge in [0.05, 0.1) is 69.0 Å². The number of aliphatic imine (C=N–C) groups is 2.